The maximum Gasteiger partial charge on any atom is 0.416 e. The Balaban J connectivity index is 2.20. The molecule has 0 heterocycles. The number of nitrogens with zero attached hydrogens (tertiary/aromatic N) is 1. The van der Waals surface area contributed by atoms with Crippen LogP contribution in [0.3, 0.4) is 0 Å². The fourth-order valence-corrected chi connectivity index (χ4v) is 2.55. The third-order valence-electron chi connectivity index (χ3n) is 4.53. The van der Waals surface area contributed by atoms with Crippen LogP contribution in [0.1, 0.15) is 25.0 Å². The highest BCUT2D eigenvalue weighted by Gasteiger charge is 2.38. The van der Waals surface area contributed by atoms with Gasteiger partial charge >= 0.3 is 6.18 Å². The van der Waals surface area contributed by atoms with Crippen molar-refractivity contribution >= 4 is 29.1 Å². The van der Waals surface area contributed by atoms with Crippen LogP contribution < -0.4 is 5.32 Å². The molecule has 10 heteroatoms. The van der Waals surface area contributed by atoms with Gasteiger partial charge in [-0.15, -0.1) is 0 Å². The highest BCUT2D eigenvalue weighted by atomic mass is 19.4. The van der Waals surface area contributed by atoms with Gasteiger partial charge in [-0.1, -0.05) is 12.1 Å². The van der Waals surface area contributed by atoms with E-state index < -0.39 is 34.9 Å². The fourth-order valence-electron chi connectivity index (χ4n) is 2.55. The summed E-state index contributed by atoms with van der Waals surface area (Å²) in [5.74, 6) is -1.40. The summed E-state index contributed by atoms with van der Waals surface area (Å²) >= 11 is 0. The lowest BCUT2D eigenvalue weighted by atomic mass is 9.92. The van der Waals surface area contributed by atoms with Gasteiger partial charge in [0.1, 0.15) is 5.41 Å². The average molecular weight is 436 g/mol. The number of rotatable bonds is 6. The molecule has 1 amide bonds. The first-order chi connectivity index (χ1) is 14.4. The average Bonchev–Trinajstić information content (AvgIpc) is 2.72. The number of carbonyl (C=O) groups is 1. The molecule has 0 fully saturated rings. The van der Waals surface area contributed by atoms with E-state index in [-0.39, 0.29) is 5.56 Å². The Hall–Kier alpha value is -3.40. The van der Waals surface area contributed by atoms with E-state index in [0.29, 0.717) is 11.4 Å². The Morgan fingerprint density at radius 2 is 1.61 bits per heavy atom. The lowest BCUT2D eigenvalue weighted by Crippen LogP contribution is -2.44. The molecule has 0 bridgehead atoms. The van der Waals surface area contributed by atoms with Crippen LogP contribution in [0.4, 0.5) is 24.5 Å². The van der Waals surface area contributed by atoms with Gasteiger partial charge in [0.2, 0.25) is 11.8 Å². The van der Waals surface area contributed by atoms with Crippen LogP contribution in [0.5, 0.6) is 0 Å². The van der Waals surface area contributed by atoms with E-state index in [2.05, 4.69) is 5.32 Å². The van der Waals surface area contributed by atoms with Gasteiger partial charge in [0.05, 0.1) is 23.9 Å². The number of benzene rings is 2. The number of alkyl halides is 3. The van der Waals surface area contributed by atoms with Crippen molar-refractivity contribution in [1.82, 2.24) is 5.06 Å². The Bertz CT molecular complexity index is 973. The third kappa shape index (κ3) is 5.60. The molecule has 0 atom stereocenters. The lowest BCUT2D eigenvalue weighted by Gasteiger charge is -2.27. The van der Waals surface area contributed by atoms with E-state index in [1.165, 1.54) is 40.1 Å². The fraction of sp³-hybridized carbons (Fsp3) is 0.286. The van der Waals surface area contributed by atoms with Crippen LogP contribution >= 0.6 is 0 Å². The monoisotopic (exact) mass is 436 g/mol. The predicted octanol–water partition coefficient (Wildman–Crippen LogP) is 4.81. The van der Waals surface area contributed by atoms with E-state index in [1.807, 2.05) is 0 Å². The third-order valence-corrected chi connectivity index (χ3v) is 4.53. The van der Waals surface area contributed by atoms with E-state index in [1.54, 1.807) is 24.3 Å². The summed E-state index contributed by atoms with van der Waals surface area (Å²) in [6.45, 7) is 2.93. The van der Waals surface area contributed by atoms with Gasteiger partial charge in [0.15, 0.2) is 0 Å². The van der Waals surface area contributed by atoms with Gasteiger partial charge < -0.3 is 10.1 Å². The Morgan fingerprint density at radius 1 is 1.03 bits per heavy atom. The number of halogens is 3. The van der Waals surface area contributed by atoms with Crippen molar-refractivity contribution in [2.75, 3.05) is 19.5 Å². The predicted molar refractivity (Wildman–Crippen MR) is 110 cm³/mol. The molecular weight excluding hydrogens is 413 g/mol. The minimum absolute atomic E-state index is 0.260. The smallest absolute Gasteiger partial charge is 0.416 e. The number of nitrogens with one attached hydrogen (secondary N) is 3. The minimum Gasteiger partial charge on any atom is -0.424 e. The molecule has 2 aromatic rings. The van der Waals surface area contributed by atoms with Crippen molar-refractivity contribution < 1.29 is 27.5 Å². The molecule has 3 N–H and O–H groups in total. The van der Waals surface area contributed by atoms with Gasteiger partial charge in [-0.05, 0) is 50.2 Å². The molecule has 0 aromatic heterocycles. The minimum atomic E-state index is -4.44. The van der Waals surface area contributed by atoms with Gasteiger partial charge in [0, 0.05) is 12.7 Å². The second-order valence-electron chi connectivity index (χ2n) is 7.12. The number of anilines is 2. The zero-order valence-corrected chi connectivity index (χ0v) is 17.4. The molecule has 166 valence electrons. The van der Waals surface area contributed by atoms with Crippen molar-refractivity contribution in [2.24, 2.45) is 5.41 Å². The molecule has 7 nitrogen and oxygen atoms in total. The number of para-hydroxylation sites is 1. The summed E-state index contributed by atoms with van der Waals surface area (Å²) in [6, 6.07) is 10.9. The number of hydrogen-bond acceptors (Lipinski definition) is 6. The largest absolute Gasteiger partial charge is 0.424 e. The van der Waals surface area contributed by atoms with E-state index in [9.17, 15) is 18.0 Å². The number of carbonyl (C=O) groups excluding carboxylic acids is 1. The zero-order valence-electron chi connectivity index (χ0n) is 17.4. The topological polar surface area (TPSA) is 98.5 Å². The van der Waals surface area contributed by atoms with Crippen molar-refractivity contribution in [2.45, 2.75) is 20.0 Å². The lowest BCUT2D eigenvalue weighted by molar-refractivity contribution is -0.175. The number of amides is 1. The van der Waals surface area contributed by atoms with Crippen LogP contribution in [0.25, 0.3) is 0 Å². The van der Waals surface area contributed by atoms with Gasteiger partial charge in [-0.2, -0.15) is 13.2 Å². The van der Waals surface area contributed by atoms with Crippen LogP contribution in [0.2, 0.25) is 0 Å². The highest BCUT2D eigenvalue weighted by Crippen LogP contribution is 2.31. The van der Waals surface area contributed by atoms with Crippen LogP contribution in [-0.4, -0.2) is 36.9 Å². The summed E-state index contributed by atoms with van der Waals surface area (Å²) in [6.07, 6.45) is -4.44. The first kappa shape index (κ1) is 23.9. The quantitative estimate of drug-likeness (QED) is 0.344. The summed E-state index contributed by atoms with van der Waals surface area (Å²) in [7, 11) is 2.70. The second kappa shape index (κ2) is 9.17. The van der Waals surface area contributed by atoms with E-state index in [0.717, 1.165) is 17.2 Å². The molecule has 0 saturated heterocycles. The molecule has 0 radical (unpaired) electrons. The van der Waals surface area contributed by atoms with Gasteiger partial charge in [-0.25, -0.2) is 5.06 Å². The molecule has 31 heavy (non-hydrogen) atoms. The first-order valence-electron chi connectivity index (χ1n) is 9.09. The van der Waals surface area contributed by atoms with E-state index >= 15 is 0 Å². The summed E-state index contributed by atoms with van der Waals surface area (Å²) < 4.78 is 43.6. The number of ether oxygens (including phenoxy) is 1. The van der Waals surface area contributed by atoms with Gasteiger partial charge in [0.25, 0.3) is 5.91 Å². The molecule has 2 aromatic carbocycles. The summed E-state index contributed by atoms with van der Waals surface area (Å²) in [5.41, 5.74) is -1.15. The Morgan fingerprint density at radius 3 is 2.16 bits per heavy atom. The van der Waals surface area contributed by atoms with Crippen molar-refractivity contribution in [3.05, 3.63) is 59.7 Å². The van der Waals surface area contributed by atoms with Crippen LogP contribution in [0, 0.1) is 16.2 Å². The second-order valence-corrected chi connectivity index (χ2v) is 7.12. The molecule has 2 rings (SSSR count). The standard InChI is InChI=1S/C21H23F3N4O3/c1-20(2,19(29)28(3)30-4)18(26)31-17(25)15-7-5-6-8-16(15)27-14-11-9-13(10-12-14)21(22,23)24/h5-12,25-27H,1-4H3. The molecular formula is C21H23F3N4O3. The van der Waals surface area contributed by atoms with Crippen molar-refractivity contribution in [1.29, 1.82) is 10.8 Å². The molecule has 0 saturated carbocycles. The maximum atomic E-state index is 12.7. The normalized spacial score (nSPS) is 11.6. The van der Waals surface area contributed by atoms with Crippen molar-refractivity contribution in [3.63, 3.8) is 0 Å². The number of hydroxylamine groups is 2. The van der Waals surface area contributed by atoms with E-state index in [4.69, 9.17) is 20.4 Å². The zero-order chi connectivity index (χ0) is 23.4. The molecule has 0 aliphatic rings. The van der Waals surface area contributed by atoms with Crippen molar-refractivity contribution in [3.8, 4) is 0 Å². The SMILES string of the molecule is CON(C)C(=O)C(C)(C)C(=N)OC(=N)c1ccccc1Nc1ccc(C(F)(F)F)cc1. The molecule has 0 unspecified atom stereocenters. The van der Waals surface area contributed by atoms with Crippen LogP contribution in [-0.2, 0) is 20.5 Å². The van der Waals surface area contributed by atoms with Crippen LogP contribution in [0.15, 0.2) is 48.5 Å². The first-order valence-corrected chi connectivity index (χ1v) is 9.09. The molecule has 0 aliphatic heterocycles. The Kier molecular flexibility index (Phi) is 7.06. The Labute approximate surface area is 177 Å². The van der Waals surface area contributed by atoms with Gasteiger partial charge in [-0.3, -0.25) is 20.5 Å². The molecule has 0 aliphatic carbocycles. The highest BCUT2D eigenvalue weighted by molar-refractivity contribution is 6.10. The summed E-state index contributed by atoms with van der Waals surface area (Å²) in [4.78, 5) is 17.2. The molecule has 0 spiro atoms. The summed E-state index contributed by atoms with van der Waals surface area (Å²) in [5, 5.41) is 20.3. The maximum absolute atomic E-state index is 12.7. The number of hydrogen-bond donors (Lipinski definition) is 3.